The van der Waals surface area contributed by atoms with E-state index in [0.29, 0.717) is 19.8 Å². The first-order valence-corrected chi connectivity index (χ1v) is 17.3. The monoisotopic (exact) mass is 683 g/mol. The van der Waals surface area contributed by atoms with Crippen LogP contribution in [0.3, 0.4) is 0 Å². The van der Waals surface area contributed by atoms with Crippen LogP contribution < -0.4 is 20.2 Å². The van der Waals surface area contributed by atoms with Gasteiger partial charge in [0.25, 0.3) is 0 Å². The van der Waals surface area contributed by atoms with Crippen LogP contribution >= 0.6 is 0 Å². The highest BCUT2D eigenvalue weighted by molar-refractivity contribution is 5.69. The second-order valence-corrected chi connectivity index (χ2v) is 12.0. The van der Waals surface area contributed by atoms with Crippen LogP contribution in [0.5, 0.6) is 5.75 Å². The molecule has 0 N–H and O–H groups in total. The molecule has 0 amide bonds. The number of rotatable bonds is 13. The Morgan fingerprint density at radius 3 is 2.22 bits per heavy atom. The maximum atomic E-state index is 12.8. The van der Waals surface area contributed by atoms with Crippen LogP contribution in [0.2, 0.25) is 0 Å². The predicted octanol–water partition coefficient (Wildman–Crippen LogP) is 4.90. The average molecular weight is 684 g/mol. The lowest BCUT2D eigenvalue weighted by atomic mass is 10.1. The maximum absolute atomic E-state index is 12.8. The zero-order valence-electron chi connectivity index (χ0n) is 29.8. The highest BCUT2D eigenvalue weighted by Crippen LogP contribution is 2.35. The van der Waals surface area contributed by atoms with Gasteiger partial charge >= 0.3 is 5.69 Å². The standard InChI is InChI=1S/C35H43N9O4.C2H6/c1-5-15-38-40(4)24-35(28-20-36-25-37-21-28)47-23-33(48-35)22-46-32-13-11-30(12-14-32)42-18-16-41(17-19-42)29-7-9-31(10-8-29)43-26-39-44(34(43)45)27(3)6-2;1-2/h5,7-15,20-21,25-27,33H,1,6,16-19,22-24H2,2-4H3;1-2H3/b38-15-;. The zero-order valence-corrected chi connectivity index (χ0v) is 29.8. The fourth-order valence-corrected chi connectivity index (χ4v) is 5.93. The molecule has 6 rings (SSSR count). The zero-order chi connectivity index (χ0) is 35.5. The molecule has 0 saturated carbocycles. The number of benzene rings is 2. The van der Waals surface area contributed by atoms with E-state index in [2.05, 4.69) is 60.8 Å². The molecule has 0 bridgehead atoms. The summed E-state index contributed by atoms with van der Waals surface area (Å²) in [6.07, 6.45) is 10.3. The molecular formula is C37H49N9O4. The smallest absolute Gasteiger partial charge is 0.350 e. The van der Waals surface area contributed by atoms with Gasteiger partial charge in [-0.1, -0.05) is 27.4 Å². The first-order chi connectivity index (χ1) is 24.4. The van der Waals surface area contributed by atoms with Gasteiger partial charge in [-0.05, 0) is 68.0 Å². The molecule has 4 aromatic rings. The lowest BCUT2D eigenvalue weighted by molar-refractivity contribution is -0.190. The number of likely N-dealkylation sites (N-methyl/N-ethyl adjacent to an activating group) is 1. The summed E-state index contributed by atoms with van der Waals surface area (Å²) in [5.41, 5.74) is 3.72. The van der Waals surface area contributed by atoms with E-state index in [-0.39, 0.29) is 17.8 Å². The number of allylic oxidation sites excluding steroid dienone is 1. The van der Waals surface area contributed by atoms with Gasteiger partial charge in [0, 0.05) is 68.8 Å². The van der Waals surface area contributed by atoms with Gasteiger partial charge in [0.1, 0.15) is 31.1 Å². The van der Waals surface area contributed by atoms with Crippen molar-refractivity contribution in [1.82, 2.24) is 29.3 Å². The lowest BCUT2D eigenvalue weighted by Crippen LogP contribution is -2.46. The van der Waals surface area contributed by atoms with E-state index in [9.17, 15) is 4.79 Å². The van der Waals surface area contributed by atoms with Crippen molar-refractivity contribution in [3.8, 4) is 11.4 Å². The van der Waals surface area contributed by atoms with Crippen LogP contribution in [0.25, 0.3) is 5.69 Å². The molecule has 0 radical (unpaired) electrons. The topological polar surface area (TPSA) is 115 Å². The molecule has 3 unspecified atom stereocenters. The Balaban J connectivity index is 0.00000239. The largest absolute Gasteiger partial charge is 0.491 e. The minimum atomic E-state index is -1.06. The Labute approximate surface area is 294 Å². The van der Waals surface area contributed by atoms with Gasteiger partial charge in [0.2, 0.25) is 5.79 Å². The number of anilines is 2. The molecule has 2 aromatic carbocycles. The molecule has 13 heteroatoms. The second kappa shape index (κ2) is 17.1. The van der Waals surface area contributed by atoms with Gasteiger partial charge in [0.05, 0.1) is 24.9 Å². The molecule has 0 spiro atoms. The van der Waals surface area contributed by atoms with Crippen molar-refractivity contribution >= 4 is 17.6 Å². The predicted molar refractivity (Wildman–Crippen MR) is 196 cm³/mol. The van der Waals surface area contributed by atoms with Crippen LogP contribution in [-0.2, 0) is 15.3 Å². The summed E-state index contributed by atoms with van der Waals surface area (Å²) in [6, 6.07) is 16.4. The minimum absolute atomic E-state index is 0.0682. The molecule has 13 nitrogen and oxygen atoms in total. The van der Waals surface area contributed by atoms with Crippen molar-refractivity contribution in [3.05, 3.63) is 102 Å². The number of ether oxygens (including phenoxy) is 3. The maximum Gasteiger partial charge on any atom is 0.350 e. The molecule has 3 atom stereocenters. The van der Waals surface area contributed by atoms with E-state index in [0.717, 1.165) is 61.0 Å². The normalized spacial score (nSPS) is 19.6. The second-order valence-electron chi connectivity index (χ2n) is 12.0. The summed E-state index contributed by atoms with van der Waals surface area (Å²) in [6.45, 7) is 16.4. The van der Waals surface area contributed by atoms with Crippen LogP contribution in [0.4, 0.5) is 11.4 Å². The van der Waals surface area contributed by atoms with Crippen LogP contribution in [0, 0.1) is 0 Å². The van der Waals surface area contributed by atoms with Crippen LogP contribution in [-0.4, -0.2) is 94.6 Å². The SMILES string of the molecule is C=C/C=N\N(C)CC1(c2cncnc2)OCC(COc2ccc(N3CCN(c4ccc(-n5cnn(C(C)CC)c5=O)cc4)CC3)cc2)O1.CC. The molecule has 2 aliphatic heterocycles. The molecule has 2 aromatic heterocycles. The molecular weight excluding hydrogens is 634 g/mol. The van der Waals surface area contributed by atoms with Gasteiger partial charge in [-0.15, -0.1) is 0 Å². The van der Waals surface area contributed by atoms with Gasteiger partial charge in [-0.2, -0.15) is 10.2 Å². The number of hydrazone groups is 1. The lowest BCUT2D eigenvalue weighted by Gasteiger charge is -2.37. The number of hydrogen-bond donors (Lipinski definition) is 0. The van der Waals surface area contributed by atoms with Crippen molar-refractivity contribution in [1.29, 1.82) is 0 Å². The third-order valence-electron chi connectivity index (χ3n) is 8.78. The average Bonchev–Trinajstić information content (AvgIpc) is 3.78. The van der Waals surface area contributed by atoms with Gasteiger partial charge in [-0.25, -0.2) is 24.0 Å². The third kappa shape index (κ3) is 8.40. The van der Waals surface area contributed by atoms with Crippen molar-refractivity contribution in [2.75, 3.05) is 62.8 Å². The van der Waals surface area contributed by atoms with Gasteiger partial charge in [0.15, 0.2) is 0 Å². The van der Waals surface area contributed by atoms with E-state index < -0.39 is 5.79 Å². The molecule has 2 fully saturated rings. The van der Waals surface area contributed by atoms with E-state index in [4.69, 9.17) is 14.2 Å². The Hall–Kier alpha value is -5.01. The summed E-state index contributed by atoms with van der Waals surface area (Å²) in [5.74, 6) is -0.295. The number of hydrogen-bond acceptors (Lipinski definition) is 11. The van der Waals surface area contributed by atoms with Crippen molar-refractivity contribution in [3.63, 3.8) is 0 Å². The summed E-state index contributed by atoms with van der Waals surface area (Å²) >= 11 is 0. The fraction of sp³-hybridized carbons (Fsp3) is 0.432. The number of piperazine rings is 1. The van der Waals surface area contributed by atoms with Crippen molar-refractivity contribution < 1.29 is 14.2 Å². The third-order valence-corrected chi connectivity index (χ3v) is 8.78. The Morgan fingerprint density at radius 1 is 1.02 bits per heavy atom. The van der Waals surface area contributed by atoms with E-state index >= 15 is 0 Å². The molecule has 0 aliphatic carbocycles. The Bertz CT molecular complexity index is 1720. The fourth-order valence-electron chi connectivity index (χ4n) is 5.93. The highest BCUT2D eigenvalue weighted by Gasteiger charge is 2.45. The van der Waals surface area contributed by atoms with E-state index in [1.165, 1.54) is 6.33 Å². The molecule has 2 saturated heterocycles. The minimum Gasteiger partial charge on any atom is -0.491 e. The summed E-state index contributed by atoms with van der Waals surface area (Å²) < 4.78 is 21.9. The highest BCUT2D eigenvalue weighted by atomic mass is 16.8. The first kappa shape index (κ1) is 36.3. The van der Waals surface area contributed by atoms with Crippen LogP contribution in [0.15, 0.2) is 96.1 Å². The summed E-state index contributed by atoms with van der Waals surface area (Å²) in [4.78, 5) is 25.9. The Morgan fingerprint density at radius 2 is 1.62 bits per heavy atom. The Kier molecular flexibility index (Phi) is 12.4. The first-order valence-electron chi connectivity index (χ1n) is 17.3. The summed E-state index contributed by atoms with van der Waals surface area (Å²) in [7, 11) is 1.84. The quantitative estimate of drug-likeness (QED) is 0.142. The number of aromatic nitrogens is 5. The number of nitrogens with zero attached hydrogens (tertiary/aromatic N) is 9. The van der Waals surface area contributed by atoms with E-state index in [1.807, 2.05) is 59.0 Å². The van der Waals surface area contributed by atoms with E-state index in [1.54, 1.807) is 45.3 Å². The molecule has 2 aliphatic rings. The van der Waals surface area contributed by atoms with Crippen LogP contribution in [0.1, 0.15) is 45.7 Å². The summed E-state index contributed by atoms with van der Waals surface area (Å²) in [5, 5.41) is 10.4. The van der Waals surface area contributed by atoms with Gasteiger partial charge < -0.3 is 24.0 Å². The van der Waals surface area contributed by atoms with Crippen molar-refractivity contribution in [2.24, 2.45) is 5.10 Å². The van der Waals surface area contributed by atoms with Gasteiger partial charge in [-0.3, -0.25) is 5.01 Å². The molecule has 266 valence electrons. The molecule has 50 heavy (non-hydrogen) atoms. The van der Waals surface area contributed by atoms with Crippen molar-refractivity contribution in [2.45, 2.75) is 52.0 Å². The molecule has 4 heterocycles.